The molecule has 2 aromatic heterocycles. The molecule has 0 saturated carbocycles. The Hall–Kier alpha value is -4.13. The fraction of sp³-hybridized carbons (Fsp3) is 0.222. The van der Waals surface area contributed by atoms with Crippen molar-refractivity contribution in [2.75, 3.05) is 14.2 Å². The second kappa shape index (κ2) is 9.02. The van der Waals surface area contributed by atoms with Gasteiger partial charge in [-0.2, -0.15) is 0 Å². The molecule has 34 heavy (non-hydrogen) atoms. The van der Waals surface area contributed by atoms with Gasteiger partial charge in [-0.25, -0.2) is 9.78 Å². The molecular weight excluding hydrogens is 432 g/mol. The van der Waals surface area contributed by atoms with E-state index in [1.54, 1.807) is 27.2 Å². The Morgan fingerprint density at radius 1 is 1.06 bits per heavy atom. The summed E-state index contributed by atoms with van der Waals surface area (Å²) in [6.07, 6.45) is 3.57. The zero-order valence-electron chi connectivity index (χ0n) is 19.3. The topological polar surface area (TPSA) is 83.7 Å². The van der Waals surface area contributed by atoms with Gasteiger partial charge in [-0.15, -0.1) is 0 Å². The van der Waals surface area contributed by atoms with E-state index < -0.39 is 0 Å². The highest BCUT2D eigenvalue weighted by atomic mass is 16.5. The average molecular weight is 456 g/mol. The smallest absolute Gasteiger partial charge is 0.339 e. The number of aryl methyl sites for hydroxylation is 1. The van der Waals surface area contributed by atoms with Crippen LogP contribution in [-0.2, 0) is 17.8 Å². The van der Waals surface area contributed by atoms with E-state index in [9.17, 15) is 4.79 Å². The maximum atomic E-state index is 13.3. The number of nitrogens with zero attached hydrogens (tertiary/aromatic N) is 2. The molecule has 7 heteroatoms. The SMILES string of the molecule is COc1ccc(/C=C2\CCc3c2nc2ccccc2c3C(=O)OCc2cc(C)on2)cc1OC. The van der Waals surface area contributed by atoms with E-state index in [0.717, 1.165) is 39.7 Å². The van der Waals surface area contributed by atoms with E-state index in [1.807, 2.05) is 42.5 Å². The van der Waals surface area contributed by atoms with Gasteiger partial charge in [0.25, 0.3) is 0 Å². The van der Waals surface area contributed by atoms with Gasteiger partial charge in [-0.1, -0.05) is 29.4 Å². The molecule has 0 radical (unpaired) electrons. The Balaban J connectivity index is 1.54. The van der Waals surface area contributed by atoms with Gasteiger partial charge in [0.2, 0.25) is 0 Å². The zero-order chi connectivity index (χ0) is 23.7. The number of esters is 1. The van der Waals surface area contributed by atoms with E-state index in [-0.39, 0.29) is 12.6 Å². The number of allylic oxidation sites excluding steroid dienone is 1. The number of ether oxygens (including phenoxy) is 3. The Morgan fingerprint density at radius 3 is 2.65 bits per heavy atom. The van der Waals surface area contributed by atoms with Crippen LogP contribution >= 0.6 is 0 Å². The van der Waals surface area contributed by atoms with Crippen molar-refractivity contribution in [2.45, 2.75) is 26.4 Å². The molecule has 172 valence electrons. The highest BCUT2D eigenvalue weighted by Crippen LogP contribution is 2.38. The summed E-state index contributed by atoms with van der Waals surface area (Å²) in [4.78, 5) is 18.2. The minimum absolute atomic E-state index is 0.0515. The molecule has 0 fully saturated rings. The summed E-state index contributed by atoms with van der Waals surface area (Å²) in [5.41, 5.74) is 5.68. The van der Waals surface area contributed by atoms with Gasteiger partial charge >= 0.3 is 5.97 Å². The van der Waals surface area contributed by atoms with Crippen LogP contribution in [0.4, 0.5) is 0 Å². The first-order valence-corrected chi connectivity index (χ1v) is 11.0. The Labute approximate surface area is 197 Å². The lowest BCUT2D eigenvalue weighted by Crippen LogP contribution is -2.10. The molecular formula is C27H24N2O5. The molecule has 1 aliphatic carbocycles. The minimum atomic E-state index is -0.386. The molecule has 0 N–H and O–H groups in total. The normalized spacial score (nSPS) is 13.8. The van der Waals surface area contributed by atoms with Crippen LogP contribution in [0.25, 0.3) is 22.6 Å². The number of aromatic nitrogens is 2. The molecule has 0 aliphatic heterocycles. The second-order valence-corrected chi connectivity index (χ2v) is 8.12. The number of hydrogen-bond donors (Lipinski definition) is 0. The van der Waals surface area contributed by atoms with Crippen molar-refractivity contribution in [1.82, 2.24) is 10.1 Å². The van der Waals surface area contributed by atoms with Crippen molar-refractivity contribution in [3.63, 3.8) is 0 Å². The highest BCUT2D eigenvalue weighted by Gasteiger charge is 2.28. The van der Waals surface area contributed by atoms with E-state index in [4.69, 9.17) is 23.7 Å². The fourth-order valence-electron chi connectivity index (χ4n) is 4.35. The van der Waals surface area contributed by atoms with Crippen LogP contribution in [0.2, 0.25) is 0 Å². The molecule has 7 nitrogen and oxygen atoms in total. The molecule has 0 unspecified atom stereocenters. The van der Waals surface area contributed by atoms with Crippen LogP contribution < -0.4 is 9.47 Å². The number of carbonyl (C=O) groups is 1. The first kappa shape index (κ1) is 21.7. The van der Waals surface area contributed by atoms with Gasteiger partial charge in [-0.05, 0) is 60.7 Å². The molecule has 0 amide bonds. The van der Waals surface area contributed by atoms with E-state index >= 15 is 0 Å². The van der Waals surface area contributed by atoms with Crippen LogP contribution in [0.5, 0.6) is 11.5 Å². The zero-order valence-corrected chi connectivity index (χ0v) is 19.3. The Kier molecular flexibility index (Phi) is 5.76. The van der Waals surface area contributed by atoms with Crippen molar-refractivity contribution in [3.8, 4) is 11.5 Å². The number of hydrogen-bond acceptors (Lipinski definition) is 7. The van der Waals surface area contributed by atoms with Gasteiger partial charge in [0.15, 0.2) is 11.5 Å². The third-order valence-electron chi connectivity index (χ3n) is 5.92. The summed E-state index contributed by atoms with van der Waals surface area (Å²) < 4.78 is 21.5. The monoisotopic (exact) mass is 456 g/mol. The maximum absolute atomic E-state index is 13.3. The number of pyridine rings is 1. The number of benzene rings is 2. The number of rotatable bonds is 6. The van der Waals surface area contributed by atoms with Gasteiger partial charge in [-0.3, -0.25) is 0 Å². The Morgan fingerprint density at radius 2 is 1.88 bits per heavy atom. The summed E-state index contributed by atoms with van der Waals surface area (Å²) in [5, 5.41) is 4.70. The lowest BCUT2D eigenvalue weighted by Gasteiger charge is -2.12. The van der Waals surface area contributed by atoms with Crippen LogP contribution in [0, 0.1) is 6.92 Å². The summed E-state index contributed by atoms with van der Waals surface area (Å²) in [6, 6.07) is 15.2. The van der Waals surface area contributed by atoms with Crippen LogP contribution in [0.1, 0.15) is 45.1 Å². The van der Waals surface area contributed by atoms with Gasteiger partial charge in [0, 0.05) is 11.5 Å². The third-order valence-corrected chi connectivity index (χ3v) is 5.92. The third kappa shape index (κ3) is 4.01. The molecule has 4 aromatic rings. The average Bonchev–Trinajstić information content (AvgIpc) is 3.46. The molecule has 2 aromatic carbocycles. The minimum Gasteiger partial charge on any atom is -0.493 e. The molecule has 2 heterocycles. The van der Waals surface area contributed by atoms with E-state index in [2.05, 4.69) is 11.2 Å². The fourth-order valence-corrected chi connectivity index (χ4v) is 4.35. The highest BCUT2D eigenvalue weighted by molar-refractivity contribution is 6.07. The van der Waals surface area contributed by atoms with Crippen molar-refractivity contribution >= 4 is 28.5 Å². The van der Waals surface area contributed by atoms with Gasteiger partial charge in [0.05, 0.1) is 31.0 Å². The first-order valence-electron chi connectivity index (χ1n) is 11.0. The van der Waals surface area contributed by atoms with Crippen LogP contribution in [0.15, 0.2) is 53.1 Å². The van der Waals surface area contributed by atoms with Gasteiger partial charge in [0.1, 0.15) is 18.1 Å². The molecule has 5 rings (SSSR count). The quantitative estimate of drug-likeness (QED) is 0.360. The van der Waals surface area contributed by atoms with Crippen molar-refractivity contribution in [2.24, 2.45) is 0 Å². The lowest BCUT2D eigenvalue weighted by atomic mass is 10.0. The summed E-state index contributed by atoms with van der Waals surface area (Å²) >= 11 is 0. The maximum Gasteiger partial charge on any atom is 0.339 e. The lowest BCUT2D eigenvalue weighted by molar-refractivity contribution is 0.0465. The summed E-state index contributed by atoms with van der Waals surface area (Å²) in [7, 11) is 3.23. The number of fused-ring (bicyclic) bond motifs is 2. The Bertz CT molecular complexity index is 1420. The number of carbonyl (C=O) groups excluding carboxylic acids is 1. The predicted molar refractivity (Wildman–Crippen MR) is 128 cm³/mol. The molecule has 1 aliphatic rings. The van der Waals surface area contributed by atoms with Crippen molar-refractivity contribution in [1.29, 1.82) is 0 Å². The van der Waals surface area contributed by atoms with Crippen LogP contribution in [-0.4, -0.2) is 30.3 Å². The van der Waals surface area contributed by atoms with Gasteiger partial charge < -0.3 is 18.7 Å². The number of para-hydroxylation sites is 1. The molecule has 0 spiro atoms. The number of methoxy groups -OCH3 is 2. The predicted octanol–water partition coefficient (Wildman–Crippen LogP) is 5.39. The van der Waals surface area contributed by atoms with Crippen molar-refractivity contribution < 1.29 is 23.5 Å². The largest absolute Gasteiger partial charge is 0.493 e. The van der Waals surface area contributed by atoms with Crippen molar-refractivity contribution in [3.05, 3.63) is 82.4 Å². The van der Waals surface area contributed by atoms with Crippen LogP contribution in [0.3, 0.4) is 0 Å². The molecule has 0 bridgehead atoms. The standard InChI is InChI=1S/C27H24N2O5/c1-16-12-19(29-34-16)15-33-27(30)25-20-6-4-5-7-22(20)28-26-18(9-10-21(25)26)13-17-8-11-23(31-2)24(14-17)32-3/h4-8,11-14H,9-10,15H2,1-3H3/b18-13+. The van der Waals surface area contributed by atoms with E-state index in [0.29, 0.717) is 34.9 Å². The molecule has 0 saturated heterocycles. The van der Waals surface area contributed by atoms with E-state index in [1.165, 1.54) is 0 Å². The summed E-state index contributed by atoms with van der Waals surface area (Å²) in [5.74, 6) is 1.62. The molecule has 0 atom stereocenters. The second-order valence-electron chi connectivity index (χ2n) is 8.12. The summed E-state index contributed by atoms with van der Waals surface area (Å²) in [6.45, 7) is 1.85. The first-order chi connectivity index (χ1) is 16.6.